The maximum Gasteiger partial charge on any atom is 0.351 e. The molecule has 0 aliphatic carbocycles. The molecule has 13 nitrogen and oxygen atoms in total. The zero-order valence-electron chi connectivity index (χ0n) is 15.4. The molecular weight excluding hydrogens is 394 g/mol. The van der Waals surface area contributed by atoms with Gasteiger partial charge in [0, 0.05) is 6.20 Å². The second-order valence-corrected chi connectivity index (χ2v) is 7.35. The highest BCUT2D eigenvalue weighted by Crippen LogP contribution is 2.48. The van der Waals surface area contributed by atoms with E-state index in [2.05, 4.69) is 4.98 Å². The van der Waals surface area contributed by atoms with Crippen LogP contribution < -0.4 is 11.4 Å². The highest BCUT2D eigenvalue weighted by molar-refractivity contribution is 5.25. The summed E-state index contributed by atoms with van der Waals surface area (Å²) in [4.78, 5) is 16.0. The van der Waals surface area contributed by atoms with E-state index >= 15 is 0 Å². The van der Waals surface area contributed by atoms with Crippen LogP contribution in [0.1, 0.15) is 6.92 Å². The molecular formula is C16H25N3O10. The van der Waals surface area contributed by atoms with Gasteiger partial charge in [-0.25, -0.2) is 4.79 Å². The lowest BCUT2D eigenvalue weighted by Crippen LogP contribution is -2.73. The van der Waals surface area contributed by atoms with Crippen LogP contribution in [0.15, 0.2) is 17.1 Å². The number of ether oxygens (including phenoxy) is 2. The van der Waals surface area contributed by atoms with Gasteiger partial charge in [0.15, 0.2) is 11.3 Å². The molecule has 1 aromatic heterocycles. The van der Waals surface area contributed by atoms with Crippen LogP contribution in [-0.2, 0) is 15.2 Å². The van der Waals surface area contributed by atoms with Gasteiger partial charge in [-0.15, -0.1) is 0 Å². The summed E-state index contributed by atoms with van der Waals surface area (Å²) in [5, 5.41) is 71.9. The van der Waals surface area contributed by atoms with Gasteiger partial charge in [0.1, 0.15) is 48.5 Å². The Kier molecular flexibility index (Phi) is 5.72. The first-order valence-corrected chi connectivity index (χ1v) is 8.88. The third-order valence-electron chi connectivity index (χ3n) is 5.72. The lowest BCUT2D eigenvalue weighted by molar-refractivity contribution is -0.311. The van der Waals surface area contributed by atoms with Gasteiger partial charge in [-0.05, 0) is 13.0 Å². The lowest BCUT2D eigenvalue weighted by Gasteiger charge is -2.50. The van der Waals surface area contributed by atoms with Crippen molar-refractivity contribution in [3.05, 3.63) is 22.7 Å². The first-order valence-electron chi connectivity index (χ1n) is 8.88. The summed E-state index contributed by atoms with van der Waals surface area (Å²) < 4.78 is 11.8. The number of anilines is 1. The number of aliphatic hydroxyl groups is 7. The van der Waals surface area contributed by atoms with Crippen molar-refractivity contribution in [3.63, 3.8) is 0 Å². The molecule has 1 unspecified atom stereocenters. The molecule has 1 aromatic rings. The molecule has 0 saturated carbocycles. The van der Waals surface area contributed by atoms with Crippen LogP contribution >= 0.6 is 0 Å². The van der Waals surface area contributed by atoms with Gasteiger partial charge in [-0.1, -0.05) is 0 Å². The molecule has 3 rings (SSSR count). The van der Waals surface area contributed by atoms with Crippen molar-refractivity contribution in [2.45, 2.75) is 61.0 Å². The zero-order chi connectivity index (χ0) is 21.7. The van der Waals surface area contributed by atoms with E-state index in [0.29, 0.717) is 0 Å². The Balaban J connectivity index is 2.17. The zero-order valence-corrected chi connectivity index (χ0v) is 15.4. The fourth-order valence-corrected chi connectivity index (χ4v) is 4.04. The molecule has 164 valence electrons. The van der Waals surface area contributed by atoms with Crippen molar-refractivity contribution in [3.8, 4) is 0 Å². The molecule has 0 aromatic carbocycles. The Hall–Kier alpha value is -1.68. The molecule has 2 saturated heterocycles. The molecule has 0 amide bonds. The van der Waals surface area contributed by atoms with Crippen LogP contribution in [0.2, 0.25) is 0 Å². The average Bonchev–Trinajstić information content (AvgIpc) is 2.88. The molecule has 0 spiro atoms. The first kappa shape index (κ1) is 22.0. The fourth-order valence-electron chi connectivity index (χ4n) is 4.04. The van der Waals surface area contributed by atoms with E-state index in [1.54, 1.807) is 0 Å². The van der Waals surface area contributed by atoms with Crippen molar-refractivity contribution >= 4 is 5.82 Å². The molecule has 0 bridgehead atoms. The van der Waals surface area contributed by atoms with E-state index < -0.39 is 73.0 Å². The third kappa shape index (κ3) is 3.06. The Bertz CT molecular complexity index is 805. The van der Waals surface area contributed by atoms with Crippen LogP contribution in [0, 0.1) is 0 Å². The van der Waals surface area contributed by atoms with E-state index in [0.717, 1.165) is 10.8 Å². The van der Waals surface area contributed by atoms with Crippen LogP contribution in [0.3, 0.4) is 0 Å². The largest absolute Gasteiger partial charge is 0.394 e. The monoisotopic (exact) mass is 419 g/mol. The predicted octanol–water partition coefficient (Wildman–Crippen LogP) is -5.18. The third-order valence-corrected chi connectivity index (χ3v) is 5.72. The molecule has 2 fully saturated rings. The van der Waals surface area contributed by atoms with E-state index in [1.807, 2.05) is 0 Å². The Morgan fingerprint density at radius 1 is 1.14 bits per heavy atom. The summed E-state index contributed by atoms with van der Waals surface area (Å²) in [6.07, 6.45) is -11.0. The minimum atomic E-state index is -2.64. The summed E-state index contributed by atoms with van der Waals surface area (Å²) >= 11 is 0. The number of nitrogens with zero attached hydrogens (tertiary/aromatic N) is 2. The van der Waals surface area contributed by atoms with Crippen LogP contribution in [0.5, 0.6) is 0 Å². The number of aromatic nitrogens is 2. The molecule has 3 heterocycles. The maximum absolute atomic E-state index is 12.4. The standard InChI is InChI=1S/C16H25N3O10/c1-15(19-3-2-8(17)18-14(19)26)16(27,12(25)7(5-21)29-15)13-11(24)10(23)9(22)6(4-20)28-13/h2-3,6-7,9-13,20-25,27H,4-5H2,1H3,(H2,17,18,26)/t6-,7-,9-,10+,11-,12-,13?,15-,16+/m1/s1. The minimum Gasteiger partial charge on any atom is -0.394 e. The maximum atomic E-state index is 12.4. The summed E-state index contributed by atoms with van der Waals surface area (Å²) in [6, 6.07) is 1.22. The van der Waals surface area contributed by atoms with Crippen LogP contribution in [0.4, 0.5) is 5.82 Å². The van der Waals surface area contributed by atoms with Gasteiger partial charge in [0.05, 0.1) is 13.2 Å². The van der Waals surface area contributed by atoms with E-state index in [1.165, 1.54) is 13.0 Å². The molecule has 13 heteroatoms. The molecule has 0 radical (unpaired) electrons. The number of hydrogen-bond donors (Lipinski definition) is 8. The molecule has 9 atom stereocenters. The average molecular weight is 419 g/mol. The number of hydrogen-bond acceptors (Lipinski definition) is 12. The summed E-state index contributed by atoms with van der Waals surface area (Å²) in [5.74, 6) is -0.122. The minimum absolute atomic E-state index is 0.122. The highest BCUT2D eigenvalue weighted by Gasteiger charge is 2.71. The normalized spacial score (nSPS) is 45.4. The summed E-state index contributed by atoms with van der Waals surface area (Å²) in [7, 11) is 0. The Labute approximate surface area is 164 Å². The quantitative estimate of drug-likeness (QED) is 0.229. The van der Waals surface area contributed by atoms with Crippen molar-refractivity contribution < 1.29 is 45.2 Å². The summed E-state index contributed by atoms with van der Waals surface area (Å²) in [6.45, 7) is -0.363. The van der Waals surface area contributed by atoms with Gasteiger partial charge >= 0.3 is 5.69 Å². The Morgan fingerprint density at radius 3 is 2.31 bits per heavy atom. The van der Waals surface area contributed by atoms with E-state index in [4.69, 9.17) is 15.2 Å². The van der Waals surface area contributed by atoms with Crippen molar-refractivity contribution in [1.29, 1.82) is 0 Å². The SMILES string of the molecule is C[C@@]1(n2ccc(N)nc2=O)O[C@H](CO)[C@@H](O)[C@]1(O)C1O[C@H](CO)[C@@H](O)[C@H](O)[C@H]1O. The van der Waals surface area contributed by atoms with Gasteiger partial charge in [-0.2, -0.15) is 4.98 Å². The molecule has 2 aliphatic heterocycles. The second kappa shape index (κ2) is 7.54. The van der Waals surface area contributed by atoms with E-state index in [9.17, 15) is 40.5 Å². The second-order valence-electron chi connectivity index (χ2n) is 7.35. The van der Waals surface area contributed by atoms with Crippen LogP contribution in [0.25, 0.3) is 0 Å². The predicted molar refractivity (Wildman–Crippen MR) is 93.2 cm³/mol. The summed E-state index contributed by atoms with van der Waals surface area (Å²) in [5.41, 5.74) is -0.294. The highest BCUT2D eigenvalue weighted by atomic mass is 16.6. The Morgan fingerprint density at radius 2 is 1.76 bits per heavy atom. The first-order chi connectivity index (χ1) is 13.5. The van der Waals surface area contributed by atoms with Crippen molar-refractivity contribution in [2.75, 3.05) is 18.9 Å². The number of nitrogen functional groups attached to an aromatic ring is 1. The lowest BCUT2D eigenvalue weighted by atomic mass is 9.75. The molecule has 29 heavy (non-hydrogen) atoms. The van der Waals surface area contributed by atoms with Crippen LogP contribution in [-0.4, -0.2) is 107 Å². The number of aliphatic hydroxyl groups excluding tert-OH is 6. The van der Waals surface area contributed by atoms with Crippen molar-refractivity contribution in [2.24, 2.45) is 0 Å². The van der Waals surface area contributed by atoms with Gasteiger partial charge in [0.2, 0.25) is 0 Å². The fraction of sp³-hybridized carbons (Fsp3) is 0.750. The van der Waals surface area contributed by atoms with Crippen molar-refractivity contribution in [1.82, 2.24) is 9.55 Å². The van der Waals surface area contributed by atoms with Gasteiger partial charge in [0.25, 0.3) is 0 Å². The number of nitrogens with two attached hydrogens (primary N) is 1. The van der Waals surface area contributed by atoms with E-state index in [-0.39, 0.29) is 5.82 Å². The number of rotatable bonds is 4. The molecule has 9 N–H and O–H groups in total. The molecule has 2 aliphatic rings. The van der Waals surface area contributed by atoms with Gasteiger partial charge in [-0.3, -0.25) is 4.57 Å². The van der Waals surface area contributed by atoms with Gasteiger partial charge < -0.3 is 51.0 Å². The smallest absolute Gasteiger partial charge is 0.351 e. The topological polar surface area (TPSA) is 221 Å².